The summed E-state index contributed by atoms with van der Waals surface area (Å²) in [6.07, 6.45) is 3.61. The minimum Gasteiger partial charge on any atom is -0.393 e. The Bertz CT molecular complexity index is 479. The highest BCUT2D eigenvalue weighted by Crippen LogP contribution is 2.31. The molecule has 0 radical (unpaired) electrons. The summed E-state index contributed by atoms with van der Waals surface area (Å²) < 4.78 is 23.1. The van der Waals surface area contributed by atoms with Crippen LogP contribution in [0.4, 0.5) is 0 Å². The Hall–Kier alpha value is -0.460. The molecular formula is C11H17NO3S2. The molecule has 0 aliphatic carbocycles. The van der Waals surface area contributed by atoms with Crippen molar-refractivity contribution in [3.63, 3.8) is 0 Å². The van der Waals surface area contributed by atoms with E-state index < -0.39 is 9.84 Å². The molecule has 1 aromatic rings. The molecule has 6 heteroatoms. The van der Waals surface area contributed by atoms with Gasteiger partial charge in [-0.05, 0) is 19.8 Å². The quantitative estimate of drug-likeness (QED) is 0.904. The van der Waals surface area contributed by atoms with Crippen molar-refractivity contribution < 1.29 is 13.5 Å². The standard InChI is InChI=1S/C11H17NO3S2/c1-8(13)5-10-6-12-11(16-10)9-3-2-4-17(14,15)7-9/h6,8-9,13H,2-5,7H2,1H3. The number of rotatable bonds is 3. The molecule has 1 saturated heterocycles. The normalized spacial score (nSPS) is 25.6. The third-order valence-electron chi connectivity index (χ3n) is 2.88. The van der Waals surface area contributed by atoms with Crippen LogP contribution in [0.3, 0.4) is 0 Å². The molecule has 2 unspecified atom stereocenters. The van der Waals surface area contributed by atoms with E-state index in [2.05, 4.69) is 4.98 Å². The lowest BCUT2D eigenvalue weighted by molar-refractivity contribution is 0.196. The largest absolute Gasteiger partial charge is 0.393 e. The first-order valence-corrected chi connectivity index (χ1v) is 8.43. The number of thiazole rings is 1. The average molecular weight is 275 g/mol. The van der Waals surface area contributed by atoms with Crippen LogP contribution in [0.5, 0.6) is 0 Å². The summed E-state index contributed by atoms with van der Waals surface area (Å²) in [6.45, 7) is 1.74. The van der Waals surface area contributed by atoms with Crippen LogP contribution < -0.4 is 0 Å². The predicted octanol–water partition coefficient (Wildman–Crippen LogP) is 1.36. The molecule has 1 fully saturated rings. The van der Waals surface area contributed by atoms with Crippen molar-refractivity contribution in [1.82, 2.24) is 4.98 Å². The summed E-state index contributed by atoms with van der Waals surface area (Å²) in [5.74, 6) is 0.603. The summed E-state index contributed by atoms with van der Waals surface area (Å²) in [5, 5.41) is 10.2. The Kier molecular flexibility index (Phi) is 3.85. The van der Waals surface area contributed by atoms with Crippen molar-refractivity contribution in [2.45, 2.75) is 38.2 Å². The molecule has 1 N–H and O–H groups in total. The lowest BCUT2D eigenvalue weighted by atomic mass is 10.1. The molecular weight excluding hydrogens is 258 g/mol. The van der Waals surface area contributed by atoms with E-state index >= 15 is 0 Å². The molecule has 0 bridgehead atoms. The lowest BCUT2D eigenvalue weighted by Gasteiger charge is -2.19. The minimum absolute atomic E-state index is 0.0569. The minimum atomic E-state index is -2.88. The van der Waals surface area contributed by atoms with Crippen LogP contribution in [0.15, 0.2) is 6.20 Å². The van der Waals surface area contributed by atoms with E-state index in [0.29, 0.717) is 12.2 Å². The van der Waals surface area contributed by atoms with E-state index in [0.717, 1.165) is 22.7 Å². The zero-order chi connectivity index (χ0) is 12.5. The molecule has 96 valence electrons. The highest BCUT2D eigenvalue weighted by atomic mass is 32.2. The number of nitrogens with zero attached hydrogens (tertiary/aromatic N) is 1. The Morgan fingerprint density at radius 1 is 1.65 bits per heavy atom. The van der Waals surface area contributed by atoms with Crippen molar-refractivity contribution in [3.8, 4) is 0 Å². The molecule has 2 atom stereocenters. The summed E-state index contributed by atoms with van der Waals surface area (Å²) in [7, 11) is -2.88. The van der Waals surface area contributed by atoms with E-state index in [1.807, 2.05) is 0 Å². The van der Waals surface area contributed by atoms with Crippen molar-refractivity contribution in [2.24, 2.45) is 0 Å². The summed E-state index contributed by atoms with van der Waals surface area (Å²) in [5.41, 5.74) is 0. The van der Waals surface area contributed by atoms with Crippen molar-refractivity contribution in [2.75, 3.05) is 11.5 Å². The maximum absolute atomic E-state index is 11.6. The first-order chi connectivity index (χ1) is 7.96. The van der Waals surface area contributed by atoms with Crippen LogP contribution in [-0.4, -0.2) is 36.1 Å². The summed E-state index contributed by atoms with van der Waals surface area (Å²) >= 11 is 1.53. The van der Waals surface area contributed by atoms with Crippen LogP contribution in [0, 0.1) is 0 Å². The van der Waals surface area contributed by atoms with Crippen LogP contribution >= 0.6 is 11.3 Å². The summed E-state index contributed by atoms with van der Waals surface area (Å²) in [4.78, 5) is 5.33. The van der Waals surface area contributed by atoms with Gasteiger partial charge in [-0.15, -0.1) is 11.3 Å². The fourth-order valence-corrected chi connectivity index (χ4v) is 5.10. The Balaban J connectivity index is 2.09. The van der Waals surface area contributed by atoms with E-state index in [9.17, 15) is 13.5 Å². The molecule has 17 heavy (non-hydrogen) atoms. The molecule has 4 nitrogen and oxygen atoms in total. The summed E-state index contributed by atoms with van der Waals surface area (Å²) in [6, 6.07) is 0. The maximum Gasteiger partial charge on any atom is 0.151 e. The van der Waals surface area contributed by atoms with Crippen molar-refractivity contribution in [3.05, 3.63) is 16.1 Å². The van der Waals surface area contributed by atoms with E-state index in [4.69, 9.17) is 0 Å². The Labute approximate surface area is 106 Å². The van der Waals surface area contributed by atoms with Crippen molar-refractivity contribution in [1.29, 1.82) is 0 Å². The smallest absolute Gasteiger partial charge is 0.151 e. The number of hydrogen-bond acceptors (Lipinski definition) is 5. The van der Waals surface area contributed by atoms with Gasteiger partial charge in [0.1, 0.15) is 0 Å². The topological polar surface area (TPSA) is 67.3 Å². The zero-order valence-electron chi connectivity index (χ0n) is 9.80. The van der Waals surface area contributed by atoms with Gasteiger partial charge < -0.3 is 5.11 Å². The first-order valence-electron chi connectivity index (χ1n) is 5.79. The maximum atomic E-state index is 11.6. The second-order valence-corrected chi connectivity index (χ2v) is 8.05. The van der Waals surface area contributed by atoms with E-state index in [-0.39, 0.29) is 17.8 Å². The lowest BCUT2D eigenvalue weighted by Crippen LogP contribution is -2.23. The van der Waals surface area contributed by atoms with Gasteiger partial charge in [0.05, 0.1) is 22.6 Å². The molecule has 2 rings (SSSR count). The van der Waals surface area contributed by atoms with Gasteiger partial charge in [0, 0.05) is 23.4 Å². The number of aromatic nitrogens is 1. The predicted molar refractivity (Wildman–Crippen MR) is 68.1 cm³/mol. The van der Waals surface area contributed by atoms with Gasteiger partial charge in [-0.25, -0.2) is 13.4 Å². The Morgan fingerprint density at radius 3 is 3.06 bits per heavy atom. The average Bonchev–Trinajstić information content (AvgIpc) is 2.63. The van der Waals surface area contributed by atoms with Gasteiger partial charge in [0.15, 0.2) is 9.84 Å². The van der Waals surface area contributed by atoms with Gasteiger partial charge in [-0.3, -0.25) is 0 Å². The number of aliphatic hydroxyl groups is 1. The van der Waals surface area contributed by atoms with Gasteiger partial charge in [-0.2, -0.15) is 0 Å². The van der Waals surface area contributed by atoms with Gasteiger partial charge in [0.2, 0.25) is 0 Å². The number of aliphatic hydroxyl groups excluding tert-OH is 1. The molecule has 1 aliphatic rings. The molecule has 1 aliphatic heterocycles. The number of sulfone groups is 1. The van der Waals surface area contributed by atoms with Crippen LogP contribution in [0.2, 0.25) is 0 Å². The van der Waals surface area contributed by atoms with Crippen LogP contribution in [-0.2, 0) is 16.3 Å². The molecule has 0 aromatic carbocycles. The molecule has 0 saturated carbocycles. The monoisotopic (exact) mass is 275 g/mol. The third kappa shape index (κ3) is 3.50. The highest BCUT2D eigenvalue weighted by Gasteiger charge is 2.27. The van der Waals surface area contributed by atoms with E-state index in [1.54, 1.807) is 13.1 Å². The highest BCUT2D eigenvalue weighted by molar-refractivity contribution is 7.91. The fraction of sp³-hybridized carbons (Fsp3) is 0.727. The molecule has 0 amide bonds. The number of hydrogen-bond donors (Lipinski definition) is 1. The zero-order valence-corrected chi connectivity index (χ0v) is 11.4. The first kappa shape index (κ1) is 13.0. The van der Waals surface area contributed by atoms with Gasteiger partial charge >= 0.3 is 0 Å². The van der Waals surface area contributed by atoms with Crippen LogP contribution in [0.25, 0.3) is 0 Å². The SMILES string of the molecule is CC(O)Cc1cnc(C2CCCS(=O)(=O)C2)s1. The second kappa shape index (κ2) is 5.04. The van der Waals surface area contributed by atoms with Crippen LogP contribution in [0.1, 0.15) is 35.6 Å². The molecule has 0 spiro atoms. The Morgan fingerprint density at radius 2 is 2.41 bits per heavy atom. The third-order valence-corrected chi connectivity index (χ3v) is 5.88. The second-order valence-electron chi connectivity index (χ2n) is 4.67. The van der Waals surface area contributed by atoms with Gasteiger partial charge in [0.25, 0.3) is 0 Å². The van der Waals surface area contributed by atoms with Crippen molar-refractivity contribution >= 4 is 21.2 Å². The van der Waals surface area contributed by atoms with Gasteiger partial charge in [-0.1, -0.05) is 0 Å². The fourth-order valence-electron chi connectivity index (χ4n) is 2.11. The van der Waals surface area contributed by atoms with E-state index in [1.165, 1.54) is 11.3 Å². The molecule has 1 aromatic heterocycles. The molecule has 2 heterocycles.